The Balaban J connectivity index is 3.07. The summed E-state index contributed by atoms with van der Waals surface area (Å²) < 4.78 is 1.21. The molecule has 2 heteroatoms. The molecule has 1 aromatic heterocycles. The number of fused-ring (bicyclic) bond motifs is 1. The Bertz CT molecular complexity index is 550. The summed E-state index contributed by atoms with van der Waals surface area (Å²) in [6.07, 6.45) is 0. The molecule has 0 radical (unpaired) electrons. The maximum absolute atomic E-state index is 3.68. The van der Waals surface area contributed by atoms with Crippen molar-refractivity contribution in [2.75, 3.05) is 0 Å². The van der Waals surface area contributed by atoms with E-state index in [0.717, 1.165) is 0 Å². The monoisotopic (exact) mass is 265 g/mol. The van der Waals surface area contributed by atoms with Gasteiger partial charge in [-0.15, -0.1) is 0 Å². The molecule has 1 heterocycles. The fourth-order valence-electron chi connectivity index (χ4n) is 2.17. The molecule has 0 fully saturated rings. The van der Waals surface area contributed by atoms with Gasteiger partial charge in [-0.2, -0.15) is 0 Å². The van der Waals surface area contributed by atoms with Gasteiger partial charge in [-0.25, -0.2) is 0 Å². The smallest absolute Gasteiger partial charge is 0.0608 e. The Labute approximate surface area is 99.0 Å². The lowest BCUT2D eigenvalue weighted by atomic mass is 9.98. The number of halogens is 1. The van der Waals surface area contributed by atoms with Crippen LogP contribution in [-0.4, -0.2) is 4.98 Å². The van der Waals surface area contributed by atoms with Crippen LogP contribution in [0.15, 0.2) is 4.47 Å². The third-order valence-corrected chi connectivity index (χ3v) is 4.54. The van der Waals surface area contributed by atoms with Crippen LogP contribution in [0.2, 0.25) is 0 Å². The molecule has 80 valence electrons. The number of hydrogen-bond donors (Lipinski definition) is 1. The molecule has 0 spiro atoms. The fraction of sp³-hybridized carbons (Fsp3) is 0.385. The highest BCUT2D eigenvalue weighted by Gasteiger charge is 2.14. The Morgan fingerprint density at radius 3 is 2.00 bits per heavy atom. The largest absolute Gasteiger partial charge is 0.357 e. The van der Waals surface area contributed by atoms with E-state index in [4.69, 9.17) is 0 Å². The first-order valence-electron chi connectivity index (χ1n) is 5.19. The summed E-state index contributed by atoms with van der Waals surface area (Å²) in [6, 6.07) is 0. The van der Waals surface area contributed by atoms with Crippen molar-refractivity contribution < 1.29 is 0 Å². The highest BCUT2D eigenvalue weighted by atomic mass is 79.9. The number of aromatic nitrogens is 1. The molecule has 0 amide bonds. The van der Waals surface area contributed by atoms with E-state index in [0.29, 0.717) is 0 Å². The molecule has 1 N–H and O–H groups in total. The topological polar surface area (TPSA) is 15.8 Å². The number of aryl methyl sites for hydroxylation is 3. The quantitative estimate of drug-likeness (QED) is 0.724. The molecular formula is C13H16BrN. The lowest BCUT2D eigenvalue weighted by molar-refractivity contribution is 1.25. The number of aromatic amines is 1. The third-order valence-electron chi connectivity index (χ3n) is 3.55. The average molecular weight is 266 g/mol. The van der Waals surface area contributed by atoms with E-state index in [9.17, 15) is 0 Å². The van der Waals surface area contributed by atoms with Crippen molar-refractivity contribution >= 4 is 26.8 Å². The molecule has 0 aliphatic rings. The Kier molecular flexibility index (Phi) is 2.42. The van der Waals surface area contributed by atoms with Crippen LogP contribution in [0.3, 0.4) is 0 Å². The summed E-state index contributed by atoms with van der Waals surface area (Å²) >= 11 is 3.68. The molecule has 0 saturated carbocycles. The van der Waals surface area contributed by atoms with Gasteiger partial charge in [0.05, 0.1) is 5.52 Å². The van der Waals surface area contributed by atoms with Crippen LogP contribution in [0.25, 0.3) is 10.9 Å². The maximum atomic E-state index is 3.68. The highest BCUT2D eigenvalue weighted by Crippen LogP contribution is 2.35. The standard InChI is InChI=1S/C13H16BrN/c1-6-7(2)11-9(4)10(5)15-13(11)12(14)8(6)3/h15H,1-5H3. The summed E-state index contributed by atoms with van der Waals surface area (Å²) in [5.74, 6) is 0. The van der Waals surface area contributed by atoms with Gasteiger partial charge in [-0.1, -0.05) is 0 Å². The van der Waals surface area contributed by atoms with Crippen molar-refractivity contribution in [3.63, 3.8) is 0 Å². The van der Waals surface area contributed by atoms with Gasteiger partial charge in [0, 0.05) is 15.6 Å². The zero-order valence-electron chi connectivity index (χ0n) is 9.88. The molecule has 1 aromatic carbocycles. The van der Waals surface area contributed by atoms with Crippen molar-refractivity contribution in [1.29, 1.82) is 0 Å². The van der Waals surface area contributed by atoms with Gasteiger partial charge in [0.25, 0.3) is 0 Å². The third kappa shape index (κ3) is 1.35. The van der Waals surface area contributed by atoms with Gasteiger partial charge in [0.2, 0.25) is 0 Å². The fourth-order valence-corrected chi connectivity index (χ4v) is 2.77. The number of nitrogens with one attached hydrogen (secondary N) is 1. The zero-order chi connectivity index (χ0) is 11.3. The van der Waals surface area contributed by atoms with Crippen LogP contribution >= 0.6 is 15.9 Å². The summed E-state index contributed by atoms with van der Waals surface area (Å²) in [4.78, 5) is 3.46. The number of H-pyrrole nitrogens is 1. The van der Waals surface area contributed by atoms with E-state index in [-0.39, 0.29) is 0 Å². The van der Waals surface area contributed by atoms with Gasteiger partial charge in [-0.3, -0.25) is 0 Å². The molecule has 0 atom stereocenters. The molecular weight excluding hydrogens is 250 g/mol. The minimum atomic E-state index is 1.21. The zero-order valence-corrected chi connectivity index (χ0v) is 11.5. The van der Waals surface area contributed by atoms with Gasteiger partial charge in [0.1, 0.15) is 0 Å². The van der Waals surface area contributed by atoms with Crippen LogP contribution in [0.4, 0.5) is 0 Å². The predicted molar refractivity (Wildman–Crippen MR) is 69.7 cm³/mol. The molecule has 15 heavy (non-hydrogen) atoms. The lowest BCUT2D eigenvalue weighted by Crippen LogP contribution is -1.90. The molecule has 0 bridgehead atoms. The first-order valence-corrected chi connectivity index (χ1v) is 5.98. The van der Waals surface area contributed by atoms with Crippen molar-refractivity contribution in [2.45, 2.75) is 34.6 Å². The summed E-state index contributed by atoms with van der Waals surface area (Å²) in [5, 5.41) is 1.38. The highest BCUT2D eigenvalue weighted by molar-refractivity contribution is 9.10. The van der Waals surface area contributed by atoms with E-state index in [1.165, 1.54) is 43.3 Å². The lowest BCUT2D eigenvalue weighted by Gasteiger charge is -2.10. The van der Waals surface area contributed by atoms with Crippen LogP contribution in [0.1, 0.15) is 27.9 Å². The number of rotatable bonds is 0. The molecule has 2 aromatic rings. The average Bonchev–Trinajstić information content (AvgIpc) is 2.50. The van der Waals surface area contributed by atoms with E-state index in [1.54, 1.807) is 0 Å². The van der Waals surface area contributed by atoms with Gasteiger partial charge in [-0.05, 0) is 72.8 Å². The van der Waals surface area contributed by atoms with E-state index >= 15 is 0 Å². The van der Waals surface area contributed by atoms with E-state index in [2.05, 4.69) is 55.5 Å². The van der Waals surface area contributed by atoms with Gasteiger partial charge in [0.15, 0.2) is 0 Å². The Morgan fingerprint density at radius 1 is 0.800 bits per heavy atom. The van der Waals surface area contributed by atoms with Crippen molar-refractivity contribution in [3.8, 4) is 0 Å². The first-order chi connectivity index (χ1) is 6.95. The second-order valence-electron chi connectivity index (χ2n) is 4.31. The maximum Gasteiger partial charge on any atom is 0.0608 e. The van der Waals surface area contributed by atoms with Crippen LogP contribution in [0, 0.1) is 34.6 Å². The predicted octanol–water partition coefficient (Wildman–Crippen LogP) is 4.47. The van der Waals surface area contributed by atoms with Crippen LogP contribution in [0.5, 0.6) is 0 Å². The SMILES string of the molecule is Cc1[nH]c2c(Br)c(C)c(C)c(C)c2c1C. The molecule has 0 unspecified atom stereocenters. The number of hydrogen-bond acceptors (Lipinski definition) is 0. The van der Waals surface area contributed by atoms with Gasteiger partial charge >= 0.3 is 0 Å². The van der Waals surface area contributed by atoms with E-state index < -0.39 is 0 Å². The second kappa shape index (κ2) is 3.38. The Hall–Kier alpha value is -0.760. The molecule has 2 rings (SSSR count). The summed E-state index contributed by atoms with van der Waals surface area (Å²) in [5.41, 5.74) is 7.99. The van der Waals surface area contributed by atoms with Gasteiger partial charge < -0.3 is 4.98 Å². The first kappa shape index (κ1) is 10.7. The summed E-state index contributed by atoms with van der Waals surface area (Å²) in [6.45, 7) is 10.9. The minimum Gasteiger partial charge on any atom is -0.357 e. The van der Waals surface area contributed by atoms with Crippen LogP contribution in [-0.2, 0) is 0 Å². The van der Waals surface area contributed by atoms with E-state index in [1.807, 2.05) is 0 Å². The molecule has 0 aliphatic carbocycles. The summed E-state index contributed by atoms with van der Waals surface area (Å²) in [7, 11) is 0. The molecule has 1 nitrogen and oxygen atoms in total. The second-order valence-corrected chi connectivity index (χ2v) is 5.11. The van der Waals surface area contributed by atoms with Crippen molar-refractivity contribution in [3.05, 3.63) is 32.4 Å². The van der Waals surface area contributed by atoms with Crippen molar-refractivity contribution in [2.24, 2.45) is 0 Å². The van der Waals surface area contributed by atoms with Crippen LogP contribution < -0.4 is 0 Å². The normalized spacial score (nSPS) is 11.3. The molecule has 0 aliphatic heterocycles. The number of benzene rings is 1. The minimum absolute atomic E-state index is 1.21. The Morgan fingerprint density at radius 2 is 1.40 bits per heavy atom. The molecule has 0 saturated heterocycles. The van der Waals surface area contributed by atoms with Crippen molar-refractivity contribution in [1.82, 2.24) is 4.98 Å².